The monoisotopic (exact) mass is 304 g/mol. The highest BCUT2D eigenvalue weighted by molar-refractivity contribution is 7.07. The fourth-order valence-electron chi connectivity index (χ4n) is 2.43. The van der Waals surface area contributed by atoms with Crippen LogP contribution in [-0.4, -0.2) is 17.0 Å². The molecule has 5 heteroatoms. The van der Waals surface area contributed by atoms with Gasteiger partial charge in [0.05, 0.1) is 0 Å². The predicted octanol–water partition coefficient (Wildman–Crippen LogP) is 2.89. The number of amides is 1. The summed E-state index contributed by atoms with van der Waals surface area (Å²) in [5, 5.41) is 1.78. The second-order valence-electron chi connectivity index (χ2n) is 5.21. The van der Waals surface area contributed by atoms with Gasteiger partial charge >= 0.3 is 4.87 Å². The highest BCUT2D eigenvalue weighted by Crippen LogP contribution is 2.19. The van der Waals surface area contributed by atoms with Crippen molar-refractivity contribution in [2.45, 2.75) is 34.2 Å². The topological polar surface area (TPSA) is 42.3 Å². The zero-order valence-electron chi connectivity index (χ0n) is 12.8. The number of carbonyl (C=O) groups is 1. The second-order valence-corrected chi connectivity index (χ2v) is 6.03. The van der Waals surface area contributed by atoms with E-state index in [1.54, 1.807) is 10.3 Å². The summed E-state index contributed by atoms with van der Waals surface area (Å²) in [6.07, 6.45) is 0. The van der Waals surface area contributed by atoms with Gasteiger partial charge in [0.1, 0.15) is 6.54 Å². The van der Waals surface area contributed by atoms with Gasteiger partial charge in [-0.05, 0) is 51.0 Å². The molecule has 0 saturated heterocycles. The summed E-state index contributed by atoms with van der Waals surface area (Å²) >= 11 is 1.13. The van der Waals surface area contributed by atoms with Crippen LogP contribution in [0.4, 0.5) is 5.69 Å². The molecule has 0 spiro atoms. The van der Waals surface area contributed by atoms with E-state index in [0.717, 1.165) is 33.8 Å². The molecule has 2 aromatic rings. The molecule has 0 aliphatic carbocycles. The van der Waals surface area contributed by atoms with Crippen LogP contribution in [0.15, 0.2) is 28.4 Å². The Morgan fingerprint density at radius 2 is 1.81 bits per heavy atom. The highest BCUT2D eigenvalue weighted by Gasteiger charge is 2.17. The summed E-state index contributed by atoms with van der Waals surface area (Å²) in [7, 11) is 0. The first-order chi connectivity index (χ1) is 9.92. The van der Waals surface area contributed by atoms with Crippen LogP contribution in [-0.2, 0) is 11.3 Å². The molecule has 4 nitrogen and oxygen atoms in total. The third kappa shape index (κ3) is 3.42. The van der Waals surface area contributed by atoms with Crippen molar-refractivity contribution in [2.75, 3.05) is 11.4 Å². The van der Waals surface area contributed by atoms with Gasteiger partial charge < -0.3 is 4.90 Å². The lowest BCUT2D eigenvalue weighted by atomic mass is 10.1. The molecule has 0 aliphatic heterocycles. The van der Waals surface area contributed by atoms with Crippen LogP contribution in [0.2, 0.25) is 0 Å². The number of nitrogens with zero attached hydrogens (tertiary/aromatic N) is 2. The van der Waals surface area contributed by atoms with Gasteiger partial charge in [0.25, 0.3) is 0 Å². The number of benzene rings is 1. The number of aromatic nitrogens is 1. The second kappa shape index (κ2) is 6.26. The third-order valence-electron chi connectivity index (χ3n) is 3.41. The van der Waals surface area contributed by atoms with E-state index in [9.17, 15) is 9.59 Å². The SMILES string of the molecule is CCN(C(=O)Cn1c(C)csc1=O)c1cc(C)cc(C)c1. The Morgan fingerprint density at radius 3 is 2.29 bits per heavy atom. The summed E-state index contributed by atoms with van der Waals surface area (Å²) < 4.78 is 1.53. The number of hydrogen-bond donors (Lipinski definition) is 0. The van der Waals surface area contributed by atoms with Gasteiger partial charge in [-0.2, -0.15) is 0 Å². The van der Waals surface area contributed by atoms with E-state index < -0.39 is 0 Å². The van der Waals surface area contributed by atoms with E-state index in [0.29, 0.717) is 6.54 Å². The molecular formula is C16H20N2O2S. The molecule has 1 amide bonds. The van der Waals surface area contributed by atoms with Crippen molar-refractivity contribution in [2.24, 2.45) is 0 Å². The maximum absolute atomic E-state index is 12.5. The lowest BCUT2D eigenvalue weighted by Gasteiger charge is -2.22. The number of rotatable bonds is 4. The van der Waals surface area contributed by atoms with Crippen molar-refractivity contribution in [1.82, 2.24) is 4.57 Å². The standard InChI is InChI=1S/C16H20N2O2S/c1-5-17(14-7-11(2)6-12(3)8-14)15(19)9-18-13(4)10-21-16(18)20/h6-8,10H,5,9H2,1-4H3. The minimum Gasteiger partial charge on any atom is -0.311 e. The molecule has 1 aromatic heterocycles. The van der Waals surface area contributed by atoms with E-state index in [2.05, 4.69) is 6.07 Å². The maximum atomic E-state index is 12.5. The Hall–Kier alpha value is -1.88. The molecule has 0 unspecified atom stereocenters. The lowest BCUT2D eigenvalue weighted by Crippen LogP contribution is -2.35. The molecule has 0 bridgehead atoms. The van der Waals surface area contributed by atoms with E-state index >= 15 is 0 Å². The molecule has 2 rings (SSSR count). The lowest BCUT2D eigenvalue weighted by molar-refractivity contribution is -0.119. The Bertz CT molecular complexity index is 695. The predicted molar refractivity (Wildman–Crippen MR) is 87.3 cm³/mol. The molecule has 21 heavy (non-hydrogen) atoms. The van der Waals surface area contributed by atoms with Crippen molar-refractivity contribution in [3.8, 4) is 0 Å². The quantitative estimate of drug-likeness (QED) is 0.871. The molecule has 1 aromatic carbocycles. The van der Waals surface area contributed by atoms with Gasteiger partial charge in [-0.25, -0.2) is 0 Å². The van der Waals surface area contributed by atoms with E-state index in [4.69, 9.17) is 0 Å². The Labute approximate surface area is 128 Å². The Morgan fingerprint density at radius 1 is 1.19 bits per heavy atom. The van der Waals surface area contributed by atoms with Crippen LogP contribution < -0.4 is 9.77 Å². The first-order valence-corrected chi connectivity index (χ1v) is 7.84. The van der Waals surface area contributed by atoms with Crippen molar-refractivity contribution >= 4 is 22.9 Å². The highest BCUT2D eigenvalue weighted by atomic mass is 32.1. The first kappa shape index (κ1) is 15.5. The number of carbonyl (C=O) groups excluding carboxylic acids is 1. The summed E-state index contributed by atoms with van der Waals surface area (Å²) in [6.45, 7) is 8.50. The van der Waals surface area contributed by atoms with Crippen molar-refractivity contribution in [3.63, 3.8) is 0 Å². The molecule has 0 fully saturated rings. The van der Waals surface area contributed by atoms with Crippen molar-refractivity contribution < 1.29 is 4.79 Å². The third-order valence-corrected chi connectivity index (χ3v) is 4.29. The van der Waals surface area contributed by atoms with Gasteiger partial charge in [-0.3, -0.25) is 14.2 Å². The van der Waals surface area contributed by atoms with Crippen LogP contribution in [0, 0.1) is 20.8 Å². The fraction of sp³-hybridized carbons (Fsp3) is 0.375. The van der Waals surface area contributed by atoms with Crippen LogP contribution in [0.3, 0.4) is 0 Å². The average molecular weight is 304 g/mol. The number of anilines is 1. The molecule has 1 heterocycles. The first-order valence-electron chi connectivity index (χ1n) is 6.96. The smallest absolute Gasteiger partial charge is 0.307 e. The normalized spacial score (nSPS) is 10.7. The van der Waals surface area contributed by atoms with Gasteiger partial charge in [0, 0.05) is 23.3 Å². The Kier molecular flexibility index (Phi) is 4.63. The summed E-state index contributed by atoms with van der Waals surface area (Å²) in [5.74, 6) is -0.0638. The van der Waals surface area contributed by atoms with Crippen LogP contribution in [0.25, 0.3) is 0 Å². The fourth-order valence-corrected chi connectivity index (χ4v) is 3.16. The zero-order chi connectivity index (χ0) is 15.6. The Balaban J connectivity index is 2.29. The van der Waals surface area contributed by atoms with Crippen molar-refractivity contribution in [1.29, 1.82) is 0 Å². The van der Waals surface area contributed by atoms with E-state index in [1.165, 1.54) is 4.57 Å². The summed E-state index contributed by atoms with van der Waals surface area (Å²) in [5.41, 5.74) is 3.97. The van der Waals surface area contributed by atoms with Crippen LogP contribution >= 0.6 is 11.3 Å². The van der Waals surface area contributed by atoms with Gasteiger partial charge in [0.2, 0.25) is 5.91 Å². The largest absolute Gasteiger partial charge is 0.311 e. The molecule has 112 valence electrons. The van der Waals surface area contributed by atoms with Gasteiger partial charge in [-0.15, -0.1) is 0 Å². The molecule has 0 radical (unpaired) electrons. The number of hydrogen-bond acceptors (Lipinski definition) is 3. The molecule has 0 atom stereocenters. The van der Waals surface area contributed by atoms with Crippen LogP contribution in [0.1, 0.15) is 23.7 Å². The summed E-state index contributed by atoms with van der Waals surface area (Å²) in [4.78, 5) is 25.9. The minimum absolute atomic E-state index is 0.0638. The maximum Gasteiger partial charge on any atom is 0.307 e. The molecular weight excluding hydrogens is 284 g/mol. The molecule has 0 saturated carbocycles. The number of likely N-dealkylation sites (N-methyl/N-ethyl adjacent to an activating group) is 1. The van der Waals surface area contributed by atoms with E-state index in [-0.39, 0.29) is 17.3 Å². The average Bonchev–Trinajstić information content (AvgIpc) is 2.70. The van der Waals surface area contributed by atoms with Crippen molar-refractivity contribution in [3.05, 3.63) is 50.1 Å². The van der Waals surface area contributed by atoms with Gasteiger partial charge in [-0.1, -0.05) is 17.4 Å². The molecule has 0 N–H and O–H groups in total. The summed E-state index contributed by atoms with van der Waals surface area (Å²) in [6, 6.07) is 6.07. The van der Waals surface area contributed by atoms with Crippen LogP contribution in [0.5, 0.6) is 0 Å². The van der Waals surface area contributed by atoms with Gasteiger partial charge in [0.15, 0.2) is 0 Å². The zero-order valence-corrected chi connectivity index (χ0v) is 13.7. The van der Waals surface area contributed by atoms with E-state index in [1.807, 2.05) is 39.8 Å². The minimum atomic E-state index is -0.0858. The molecule has 0 aliphatic rings. The number of thiazole rings is 1. The number of aryl methyl sites for hydroxylation is 3.